The highest BCUT2D eigenvalue weighted by Crippen LogP contribution is 2.33. The number of hydrogen-bond acceptors (Lipinski definition) is 3. The molecule has 0 saturated heterocycles. The number of hydrogen-bond donors (Lipinski definition) is 0. The highest BCUT2D eigenvalue weighted by Gasteiger charge is 2.09. The first-order valence-electron chi connectivity index (χ1n) is 6.79. The van der Waals surface area contributed by atoms with Gasteiger partial charge in [-0.2, -0.15) is 0 Å². The van der Waals surface area contributed by atoms with Gasteiger partial charge in [-0.1, -0.05) is 23.7 Å². The predicted octanol–water partition coefficient (Wildman–Crippen LogP) is 5.20. The van der Waals surface area contributed by atoms with Gasteiger partial charge in [0.15, 0.2) is 0 Å². The second kappa shape index (κ2) is 6.50. The van der Waals surface area contributed by atoms with Crippen molar-refractivity contribution in [1.82, 2.24) is 4.98 Å². The van der Waals surface area contributed by atoms with Crippen LogP contribution in [0.3, 0.4) is 0 Å². The van der Waals surface area contributed by atoms with Gasteiger partial charge in [-0.25, -0.2) is 4.98 Å². The lowest BCUT2D eigenvalue weighted by molar-refractivity contribution is 0.415. The van der Waals surface area contributed by atoms with Crippen molar-refractivity contribution in [1.29, 1.82) is 0 Å². The van der Waals surface area contributed by atoms with E-state index < -0.39 is 0 Å². The van der Waals surface area contributed by atoms with E-state index in [0.29, 0.717) is 16.7 Å². The van der Waals surface area contributed by atoms with Crippen LogP contribution in [0.15, 0.2) is 66.9 Å². The van der Waals surface area contributed by atoms with E-state index in [4.69, 9.17) is 21.1 Å². The molecular weight excluding hydrogens is 298 g/mol. The molecule has 3 nitrogen and oxygen atoms in total. The molecule has 2 aromatic carbocycles. The van der Waals surface area contributed by atoms with Gasteiger partial charge >= 0.3 is 0 Å². The van der Waals surface area contributed by atoms with Gasteiger partial charge in [0.1, 0.15) is 11.5 Å². The van der Waals surface area contributed by atoms with Crippen molar-refractivity contribution in [2.24, 2.45) is 0 Å². The number of pyridine rings is 1. The minimum atomic E-state index is 0.540. The Morgan fingerprint density at radius 3 is 2.50 bits per heavy atom. The summed E-state index contributed by atoms with van der Waals surface area (Å²) >= 11 is 5.89. The fraction of sp³-hybridized carbons (Fsp3) is 0.0556. The van der Waals surface area contributed by atoms with E-state index in [1.54, 1.807) is 25.4 Å². The number of methoxy groups -OCH3 is 1. The first kappa shape index (κ1) is 14.4. The number of ether oxygens (including phenoxy) is 2. The van der Waals surface area contributed by atoms with Crippen LogP contribution in [-0.2, 0) is 0 Å². The fourth-order valence-electron chi connectivity index (χ4n) is 2.10. The maximum Gasteiger partial charge on any atom is 0.227 e. The van der Waals surface area contributed by atoms with Gasteiger partial charge in [-0.3, -0.25) is 0 Å². The zero-order valence-electron chi connectivity index (χ0n) is 12.0. The van der Waals surface area contributed by atoms with Crippen LogP contribution in [-0.4, -0.2) is 12.1 Å². The molecule has 1 heterocycles. The predicted molar refractivity (Wildman–Crippen MR) is 87.8 cm³/mol. The first-order chi connectivity index (χ1) is 10.8. The maximum absolute atomic E-state index is 5.89. The van der Waals surface area contributed by atoms with Crippen LogP contribution < -0.4 is 9.47 Å². The summed E-state index contributed by atoms with van der Waals surface area (Å²) < 4.78 is 11.2. The van der Waals surface area contributed by atoms with Gasteiger partial charge in [-0.05, 0) is 54.1 Å². The molecule has 1 aromatic heterocycles. The lowest BCUT2D eigenvalue weighted by atomic mass is 10.1. The number of benzene rings is 2. The summed E-state index contributed by atoms with van der Waals surface area (Å²) in [4.78, 5) is 4.33. The molecule has 110 valence electrons. The number of aromatic nitrogens is 1. The zero-order valence-corrected chi connectivity index (χ0v) is 12.7. The molecule has 0 aliphatic carbocycles. The summed E-state index contributed by atoms with van der Waals surface area (Å²) in [6.45, 7) is 0. The molecule has 22 heavy (non-hydrogen) atoms. The van der Waals surface area contributed by atoms with Crippen molar-refractivity contribution in [3.8, 4) is 28.5 Å². The molecule has 0 bridgehead atoms. The van der Waals surface area contributed by atoms with E-state index in [0.717, 1.165) is 16.9 Å². The van der Waals surface area contributed by atoms with Gasteiger partial charge in [0.2, 0.25) is 5.88 Å². The Labute approximate surface area is 134 Å². The standard InChI is InChI=1S/C18H14ClNO2/c1-21-16-5-2-4-13(12-16)17-6-3-11-20-18(17)22-15-9-7-14(19)8-10-15/h2-12H,1H3. The van der Waals surface area contributed by atoms with Gasteiger partial charge in [-0.15, -0.1) is 0 Å². The third-order valence-electron chi connectivity index (χ3n) is 3.18. The highest BCUT2D eigenvalue weighted by molar-refractivity contribution is 6.30. The Kier molecular flexibility index (Phi) is 4.26. The summed E-state index contributed by atoms with van der Waals surface area (Å²) in [6, 6.07) is 18.8. The maximum atomic E-state index is 5.89. The Hall–Kier alpha value is -2.52. The number of halogens is 1. The Morgan fingerprint density at radius 1 is 0.909 bits per heavy atom. The van der Waals surface area contributed by atoms with Crippen LogP contribution in [0.5, 0.6) is 17.4 Å². The molecule has 0 aliphatic rings. The van der Waals surface area contributed by atoms with Crippen molar-refractivity contribution in [3.63, 3.8) is 0 Å². The van der Waals surface area contributed by atoms with Crippen molar-refractivity contribution >= 4 is 11.6 Å². The second-order valence-corrected chi connectivity index (χ2v) is 5.08. The van der Waals surface area contributed by atoms with E-state index in [1.165, 1.54) is 0 Å². The van der Waals surface area contributed by atoms with Crippen molar-refractivity contribution in [2.75, 3.05) is 7.11 Å². The summed E-state index contributed by atoms with van der Waals surface area (Å²) in [5.41, 5.74) is 1.88. The SMILES string of the molecule is COc1cccc(-c2cccnc2Oc2ccc(Cl)cc2)c1. The van der Waals surface area contributed by atoms with E-state index in [9.17, 15) is 0 Å². The third-order valence-corrected chi connectivity index (χ3v) is 3.43. The summed E-state index contributed by atoms with van der Waals surface area (Å²) in [7, 11) is 1.65. The zero-order chi connectivity index (χ0) is 15.4. The minimum absolute atomic E-state index is 0.540. The number of nitrogens with zero attached hydrogens (tertiary/aromatic N) is 1. The molecular formula is C18H14ClNO2. The quantitative estimate of drug-likeness (QED) is 0.663. The van der Waals surface area contributed by atoms with Crippen molar-refractivity contribution < 1.29 is 9.47 Å². The van der Waals surface area contributed by atoms with Crippen LogP contribution in [0.2, 0.25) is 5.02 Å². The van der Waals surface area contributed by atoms with Crippen LogP contribution >= 0.6 is 11.6 Å². The summed E-state index contributed by atoms with van der Waals surface area (Å²) in [5.74, 6) is 2.02. The third kappa shape index (κ3) is 3.21. The average Bonchev–Trinajstić information content (AvgIpc) is 2.57. The Balaban J connectivity index is 1.97. The van der Waals surface area contributed by atoms with Crippen LogP contribution in [0.1, 0.15) is 0 Å². The van der Waals surface area contributed by atoms with E-state index >= 15 is 0 Å². The van der Waals surface area contributed by atoms with E-state index in [2.05, 4.69) is 4.98 Å². The molecule has 3 aromatic rings. The van der Waals surface area contributed by atoms with Gasteiger partial charge < -0.3 is 9.47 Å². The monoisotopic (exact) mass is 311 g/mol. The molecule has 0 spiro atoms. The van der Waals surface area contributed by atoms with Crippen LogP contribution in [0.25, 0.3) is 11.1 Å². The van der Waals surface area contributed by atoms with Gasteiger partial charge in [0, 0.05) is 16.8 Å². The largest absolute Gasteiger partial charge is 0.497 e. The smallest absolute Gasteiger partial charge is 0.227 e. The molecule has 0 fully saturated rings. The molecule has 0 radical (unpaired) electrons. The topological polar surface area (TPSA) is 31.4 Å². The van der Waals surface area contributed by atoms with E-state index in [1.807, 2.05) is 48.5 Å². The van der Waals surface area contributed by atoms with Gasteiger partial charge in [0.25, 0.3) is 0 Å². The Morgan fingerprint density at radius 2 is 1.73 bits per heavy atom. The Bertz CT molecular complexity index is 772. The lowest BCUT2D eigenvalue weighted by Gasteiger charge is -2.11. The molecule has 0 aliphatic heterocycles. The molecule has 0 atom stereocenters. The highest BCUT2D eigenvalue weighted by atomic mass is 35.5. The molecule has 4 heteroatoms. The summed E-state index contributed by atoms with van der Waals surface area (Å²) in [5, 5.41) is 0.668. The molecule has 0 unspecified atom stereocenters. The first-order valence-corrected chi connectivity index (χ1v) is 7.17. The van der Waals surface area contributed by atoms with Crippen LogP contribution in [0.4, 0.5) is 0 Å². The second-order valence-electron chi connectivity index (χ2n) is 4.64. The normalized spacial score (nSPS) is 10.3. The number of rotatable bonds is 4. The van der Waals surface area contributed by atoms with Crippen LogP contribution in [0, 0.1) is 0 Å². The molecule has 3 rings (SSSR count). The minimum Gasteiger partial charge on any atom is -0.497 e. The summed E-state index contributed by atoms with van der Waals surface area (Å²) in [6.07, 6.45) is 1.70. The lowest BCUT2D eigenvalue weighted by Crippen LogP contribution is -1.92. The van der Waals surface area contributed by atoms with Crippen molar-refractivity contribution in [2.45, 2.75) is 0 Å². The molecule has 0 saturated carbocycles. The van der Waals surface area contributed by atoms with Crippen molar-refractivity contribution in [3.05, 3.63) is 71.9 Å². The molecule has 0 N–H and O–H groups in total. The average molecular weight is 312 g/mol. The van der Waals surface area contributed by atoms with E-state index in [-0.39, 0.29) is 0 Å². The van der Waals surface area contributed by atoms with Gasteiger partial charge in [0.05, 0.1) is 7.11 Å². The molecule has 0 amide bonds. The fourth-order valence-corrected chi connectivity index (χ4v) is 2.22.